The van der Waals surface area contributed by atoms with Gasteiger partial charge in [0.15, 0.2) is 0 Å². The molecule has 0 radical (unpaired) electrons. The van der Waals surface area contributed by atoms with Gasteiger partial charge in [-0.25, -0.2) is 4.98 Å². The topological polar surface area (TPSA) is 97.8 Å². The van der Waals surface area contributed by atoms with Crippen molar-refractivity contribution in [2.45, 2.75) is 39.7 Å². The van der Waals surface area contributed by atoms with Gasteiger partial charge in [0.2, 0.25) is 5.95 Å². The van der Waals surface area contributed by atoms with Crippen LogP contribution in [0.5, 0.6) is 5.75 Å². The Balaban J connectivity index is 1.24. The molecule has 2 aromatic heterocycles. The number of aromatic nitrogens is 4. The van der Waals surface area contributed by atoms with E-state index in [4.69, 9.17) is 9.72 Å². The van der Waals surface area contributed by atoms with E-state index in [-0.39, 0.29) is 0 Å². The second-order valence-corrected chi connectivity index (χ2v) is 13.1. The van der Waals surface area contributed by atoms with Crippen LogP contribution in [0.1, 0.15) is 37.8 Å². The standard InChI is InChI=1S/C36H48N10OS/c1-7-26-22-30(32(47-9-3)23-31(26)45-16-12-27(13-17-45)44-20-18-43(5)19-21-44)41-36-39-24-25(4)35(42-36)40-29-11-10-28-33(38-15-14-37-28)34(29)46(8-2)48-6/h7,10-11,14-15,22-24,27H,1,8-9,12-13,16-21H2,2-6H3,(H2,39,40,41,42). The first kappa shape index (κ1) is 33.8. The van der Waals surface area contributed by atoms with Crippen molar-refractivity contribution in [3.8, 4) is 5.75 Å². The Hall–Kier alpha value is -4.13. The Morgan fingerprint density at radius 3 is 2.48 bits per heavy atom. The zero-order chi connectivity index (χ0) is 33.6. The smallest absolute Gasteiger partial charge is 0.229 e. The van der Waals surface area contributed by atoms with Crippen molar-refractivity contribution in [3.05, 3.63) is 60.6 Å². The lowest BCUT2D eigenvalue weighted by Gasteiger charge is -2.43. The van der Waals surface area contributed by atoms with E-state index in [1.54, 1.807) is 24.3 Å². The molecule has 2 aliphatic rings. The molecular weight excluding hydrogens is 621 g/mol. The van der Waals surface area contributed by atoms with Crippen LogP contribution in [-0.4, -0.2) is 102 Å². The normalized spacial score (nSPS) is 16.2. The first-order chi connectivity index (χ1) is 23.4. The van der Waals surface area contributed by atoms with Crippen molar-refractivity contribution >= 4 is 63.6 Å². The van der Waals surface area contributed by atoms with E-state index in [2.05, 4.69) is 83.5 Å². The Morgan fingerprint density at radius 2 is 1.77 bits per heavy atom. The molecule has 12 heteroatoms. The van der Waals surface area contributed by atoms with Crippen LogP contribution in [0.4, 0.5) is 34.5 Å². The fourth-order valence-electron chi connectivity index (χ4n) is 6.69. The fourth-order valence-corrected chi connectivity index (χ4v) is 7.31. The molecule has 2 N–H and O–H groups in total. The van der Waals surface area contributed by atoms with E-state index >= 15 is 0 Å². The van der Waals surface area contributed by atoms with E-state index < -0.39 is 0 Å². The number of nitrogens with one attached hydrogen (secondary N) is 2. The molecule has 0 atom stereocenters. The summed E-state index contributed by atoms with van der Waals surface area (Å²) < 4.78 is 8.40. The minimum Gasteiger partial charge on any atom is -0.492 e. The summed E-state index contributed by atoms with van der Waals surface area (Å²) in [6, 6.07) is 8.93. The fraction of sp³-hybridized carbons (Fsp3) is 0.444. The van der Waals surface area contributed by atoms with E-state index in [0.29, 0.717) is 24.4 Å². The number of hydrogen-bond acceptors (Lipinski definition) is 12. The molecule has 0 spiro atoms. The van der Waals surface area contributed by atoms with Crippen molar-refractivity contribution < 1.29 is 4.74 Å². The summed E-state index contributed by atoms with van der Waals surface area (Å²) in [5.41, 5.74) is 7.50. The number of benzene rings is 2. The molecule has 6 rings (SSSR count). The molecular formula is C36H48N10OS. The molecule has 0 amide bonds. The minimum atomic E-state index is 0.471. The van der Waals surface area contributed by atoms with Gasteiger partial charge in [-0.3, -0.25) is 14.9 Å². The van der Waals surface area contributed by atoms with E-state index in [1.807, 2.05) is 38.3 Å². The summed E-state index contributed by atoms with van der Waals surface area (Å²) in [7, 11) is 2.22. The number of ether oxygens (including phenoxy) is 1. The van der Waals surface area contributed by atoms with E-state index in [0.717, 1.165) is 96.2 Å². The number of fused-ring (bicyclic) bond motifs is 1. The van der Waals surface area contributed by atoms with Gasteiger partial charge in [0.1, 0.15) is 17.1 Å². The summed E-state index contributed by atoms with van der Waals surface area (Å²) in [6.07, 6.45) is 11.6. The van der Waals surface area contributed by atoms with E-state index in [1.165, 1.54) is 13.1 Å². The average molecular weight is 669 g/mol. The number of aryl methyl sites for hydroxylation is 1. The summed E-state index contributed by atoms with van der Waals surface area (Å²) in [6.45, 7) is 18.3. The predicted octanol–water partition coefficient (Wildman–Crippen LogP) is 6.58. The SMILES string of the molecule is C=Cc1cc(Nc2ncc(C)c(Nc3ccc4nccnc4c3N(CC)SC)n2)c(OCC)cc1N1CCC(N2CCN(C)CC2)CC1. The Morgan fingerprint density at radius 1 is 1.00 bits per heavy atom. The van der Waals surface area contributed by atoms with Gasteiger partial charge in [0.05, 0.1) is 29.2 Å². The molecule has 11 nitrogen and oxygen atoms in total. The lowest BCUT2D eigenvalue weighted by atomic mass is 10.00. The van der Waals surface area contributed by atoms with E-state index in [9.17, 15) is 0 Å². The maximum atomic E-state index is 6.20. The third kappa shape index (κ3) is 7.30. The number of piperidine rings is 1. The summed E-state index contributed by atoms with van der Waals surface area (Å²) in [5.74, 6) is 1.95. The molecule has 48 heavy (non-hydrogen) atoms. The second kappa shape index (κ2) is 15.4. The van der Waals surface area contributed by atoms with Crippen LogP contribution < -0.4 is 24.6 Å². The molecule has 4 aromatic rings. The molecule has 0 saturated carbocycles. The van der Waals surface area contributed by atoms with Crippen LogP contribution in [-0.2, 0) is 0 Å². The maximum Gasteiger partial charge on any atom is 0.229 e. The third-order valence-electron chi connectivity index (χ3n) is 9.35. The first-order valence-electron chi connectivity index (χ1n) is 17.0. The summed E-state index contributed by atoms with van der Waals surface area (Å²) >= 11 is 1.65. The summed E-state index contributed by atoms with van der Waals surface area (Å²) in [5, 5.41) is 7.04. The van der Waals surface area contributed by atoms with Crippen LogP contribution in [0, 0.1) is 6.92 Å². The van der Waals surface area contributed by atoms with Gasteiger partial charge in [-0.1, -0.05) is 24.6 Å². The quantitative estimate of drug-likeness (QED) is 0.160. The van der Waals surface area contributed by atoms with Gasteiger partial charge in [0, 0.05) is 94.0 Å². The molecule has 2 fully saturated rings. The van der Waals surface area contributed by atoms with Gasteiger partial charge in [0.25, 0.3) is 0 Å². The summed E-state index contributed by atoms with van der Waals surface area (Å²) in [4.78, 5) is 26.4. The highest BCUT2D eigenvalue weighted by Crippen LogP contribution is 2.39. The first-order valence-corrected chi connectivity index (χ1v) is 18.1. The molecule has 2 aliphatic heterocycles. The van der Waals surface area contributed by atoms with Crippen LogP contribution in [0.25, 0.3) is 17.1 Å². The molecule has 254 valence electrons. The monoisotopic (exact) mass is 668 g/mol. The average Bonchev–Trinajstić information content (AvgIpc) is 3.12. The largest absolute Gasteiger partial charge is 0.492 e. The Labute approximate surface area is 288 Å². The van der Waals surface area contributed by atoms with Crippen LogP contribution >= 0.6 is 11.9 Å². The number of hydrogen-bond donors (Lipinski definition) is 2. The van der Waals surface area contributed by atoms with Crippen LogP contribution in [0.3, 0.4) is 0 Å². The maximum absolute atomic E-state index is 6.20. The van der Waals surface area contributed by atoms with Crippen molar-refractivity contribution in [3.63, 3.8) is 0 Å². The molecule has 0 bridgehead atoms. The van der Waals surface area contributed by atoms with Gasteiger partial charge >= 0.3 is 0 Å². The highest BCUT2D eigenvalue weighted by atomic mass is 32.2. The Kier molecular flexibility index (Phi) is 10.8. The van der Waals surface area contributed by atoms with Gasteiger partial charge in [-0.15, -0.1) is 0 Å². The number of nitrogens with zero attached hydrogens (tertiary/aromatic N) is 8. The lowest BCUT2D eigenvalue weighted by Crippen LogP contribution is -2.52. The van der Waals surface area contributed by atoms with Crippen molar-refractivity contribution in [1.29, 1.82) is 0 Å². The molecule has 2 saturated heterocycles. The number of anilines is 6. The van der Waals surface area contributed by atoms with Gasteiger partial charge < -0.3 is 29.5 Å². The zero-order valence-corrected chi connectivity index (χ0v) is 29.7. The molecule has 0 unspecified atom stereocenters. The molecule has 0 aliphatic carbocycles. The van der Waals surface area contributed by atoms with Crippen molar-refractivity contribution in [2.24, 2.45) is 0 Å². The number of rotatable bonds is 12. The van der Waals surface area contributed by atoms with Crippen molar-refractivity contribution in [1.82, 2.24) is 29.7 Å². The number of piperazine rings is 1. The Bertz CT molecular complexity index is 1720. The second-order valence-electron chi connectivity index (χ2n) is 12.3. The highest BCUT2D eigenvalue weighted by molar-refractivity contribution is 8.00. The molecule has 4 heterocycles. The minimum absolute atomic E-state index is 0.471. The predicted molar refractivity (Wildman–Crippen MR) is 201 cm³/mol. The van der Waals surface area contributed by atoms with Crippen LogP contribution in [0.15, 0.2) is 49.4 Å². The van der Waals surface area contributed by atoms with Gasteiger partial charge in [-0.2, -0.15) is 4.98 Å². The zero-order valence-electron chi connectivity index (χ0n) is 28.9. The highest BCUT2D eigenvalue weighted by Gasteiger charge is 2.28. The number of likely N-dealkylation sites (N-methyl/N-ethyl adjacent to an activating group) is 1. The lowest BCUT2D eigenvalue weighted by molar-refractivity contribution is 0.0982. The van der Waals surface area contributed by atoms with Gasteiger partial charge in [-0.05, 0) is 64.4 Å². The molecule has 2 aromatic carbocycles. The van der Waals surface area contributed by atoms with Crippen LogP contribution in [0.2, 0.25) is 0 Å². The third-order valence-corrected chi connectivity index (χ3v) is 10.2. The van der Waals surface area contributed by atoms with Crippen molar-refractivity contribution in [2.75, 3.05) is 85.6 Å².